The highest BCUT2D eigenvalue weighted by Gasteiger charge is 2.37. The largest absolute Gasteiger partial charge is 0.497 e. The molecule has 2 aliphatic heterocycles. The lowest BCUT2D eigenvalue weighted by Crippen LogP contribution is -2.42. The Morgan fingerprint density at radius 2 is 1.87 bits per heavy atom. The predicted octanol–water partition coefficient (Wildman–Crippen LogP) is 5.86. The molecule has 1 fully saturated rings. The Morgan fingerprint density at radius 3 is 2.56 bits per heavy atom. The Labute approximate surface area is 229 Å². The number of carboxylic acid groups (broad SMARTS) is 1. The SMILES string of the molecule is COC(=O)N1c2ccc3c(c2CC[C@@H]1C)N=C([C@H](O)c1ccc(OC)cc1)C(C[C@@H]1CCC[C@@H](C(=O)O)C1)C3. The van der Waals surface area contributed by atoms with E-state index in [1.54, 1.807) is 12.0 Å². The number of aliphatic carboxylic acids is 1. The van der Waals surface area contributed by atoms with Crippen molar-refractivity contribution in [3.8, 4) is 5.75 Å². The maximum Gasteiger partial charge on any atom is 0.414 e. The number of fused-ring (bicyclic) bond motifs is 3. The van der Waals surface area contributed by atoms with Crippen LogP contribution in [0.5, 0.6) is 5.75 Å². The smallest absolute Gasteiger partial charge is 0.414 e. The lowest BCUT2D eigenvalue weighted by molar-refractivity contribution is -0.143. The van der Waals surface area contributed by atoms with Crippen LogP contribution < -0.4 is 9.64 Å². The number of aliphatic imine (C=N–C) groups is 1. The summed E-state index contributed by atoms with van der Waals surface area (Å²) in [4.78, 5) is 31.2. The van der Waals surface area contributed by atoms with Gasteiger partial charge in [-0.25, -0.2) is 4.79 Å². The van der Waals surface area contributed by atoms with E-state index in [1.807, 2.05) is 37.3 Å². The Hall–Kier alpha value is -3.39. The van der Waals surface area contributed by atoms with Crippen LogP contribution in [0.15, 0.2) is 41.4 Å². The van der Waals surface area contributed by atoms with Crippen molar-refractivity contribution in [2.45, 2.75) is 70.4 Å². The van der Waals surface area contributed by atoms with Gasteiger partial charge in [-0.2, -0.15) is 0 Å². The fraction of sp³-hybridized carbons (Fsp3) is 0.516. The van der Waals surface area contributed by atoms with Crippen molar-refractivity contribution in [3.63, 3.8) is 0 Å². The van der Waals surface area contributed by atoms with Crippen molar-refractivity contribution >= 4 is 29.1 Å². The van der Waals surface area contributed by atoms with Crippen molar-refractivity contribution in [1.82, 2.24) is 0 Å². The third-order valence-electron chi connectivity index (χ3n) is 8.81. The molecule has 8 heteroatoms. The first kappa shape index (κ1) is 27.2. The molecule has 5 rings (SSSR count). The monoisotopic (exact) mass is 534 g/mol. The van der Waals surface area contributed by atoms with Crippen molar-refractivity contribution in [2.24, 2.45) is 22.7 Å². The summed E-state index contributed by atoms with van der Waals surface area (Å²) in [5.74, 6) is -0.0366. The topological polar surface area (TPSA) is 109 Å². The van der Waals surface area contributed by atoms with Gasteiger partial charge in [0.15, 0.2) is 0 Å². The van der Waals surface area contributed by atoms with Crippen LogP contribution in [-0.4, -0.2) is 48.2 Å². The van der Waals surface area contributed by atoms with Crippen molar-refractivity contribution in [3.05, 3.63) is 53.1 Å². The highest BCUT2D eigenvalue weighted by molar-refractivity contribution is 5.98. The number of carbonyl (C=O) groups excluding carboxylic acids is 1. The molecular formula is C31H38N2O6. The fourth-order valence-corrected chi connectivity index (χ4v) is 6.71. The minimum absolute atomic E-state index is 0.00980. The average Bonchev–Trinajstić information content (AvgIpc) is 2.96. The van der Waals surface area contributed by atoms with Gasteiger partial charge in [-0.3, -0.25) is 14.7 Å². The minimum Gasteiger partial charge on any atom is -0.497 e. The van der Waals surface area contributed by atoms with Gasteiger partial charge >= 0.3 is 12.1 Å². The van der Waals surface area contributed by atoms with Crippen LogP contribution in [0.25, 0.3) is 0 Å². The highest BCUT2D eigenvalue weighted by Crippen LogP contribution is 2.45. The molecule has 1 unspecified atom stereocenters. The Bertz CT molecular complexity index is 1260. The summed E-state index contributed by atoms with van der Waals surface area (Å²) >= 11 is 0. The van der Waals surface area contributed by atoms with Crippen molar-refractivity contribution in [1.29, 1.82) is 0 Å². The van der Waals surface area contributed by atoms with E-state index >= 15 is 0 Å². The van der Waals surface area contributed by atoms with Crippen LogP contribution in [0.2, 0.25) is 0 Å². The molecule has 0 spiro atoms. The Balaban J connectivity index is 1.53. The first-order valence-electron chi connectivity index (χ1n) is 14.0. The number of ether oxygens (including phenoxy) is 2. The quantitative estimate of drug-likeness (QED) is 0.480. The zero-order chi connectivity index (χ0) is 27.7. The highest BCUT2D eigenvalue weighted by atomic mass is 16.5. The Kier molecular flexibility index (Phi) is 7.93. The molecule has 1 aliphatic carbocycles. The number of carbonyl (C=O) groups is 2. The number of anilines is 1. The first-order valence-corrected chi connectivity index (χ1v) is 14.0. The molecule has 3 aliphatic rings. The predicted molar refractivity (Wildman–Crippen MR) is 149 cm³/mol. The molecule has 0 radical (unpaired) electrons. The molecule has 0 saturated heterocycles. The van der Waals surface area contributed by atoms with Gasteiger partial charge in [-0.15, -0.1) is 0 Å². The fourth-order valence-electron chi connectivity index (χ4n) is 6.71. The van der Waals surface area contributed by atoms with Crippen molar-refractivity contribution < 1.29 is 29.3 Å². The average molecular weight is 535 g/mol. The van der Waals surface area contributed by atoms with Gasteiger partial charge in [0, 0.05) is 17.5 Å². The molecule has 5 atom stereocenters. The van der Waals surface area contributed by atoms with Crippen LogP contribution in [0, 0.1) is 17.8 Å². The van der Waals surface area contributed by atoms with Gasteiger partial charge in [0.2, 0.25) is 0 Å². The van der Waals surface area contributed by atoms with Crippen LogP contribution in [0.1, 0.15) is 68.2 Å². The number of benzene rings is 2. The summed E-state index contributed by atoms with van der Waals surface area (Å²) in [5, 5.41) is 21.3. The minimum atomic E-state index is -0.900. The lowest BCUT2D eigenvalue weighted by Gasteiger charge is -2.37. The van der Waals surface area contributed by atoms with Crippen LogP contribution in [0.4, 0.5) is 16.2 Å². The van der Waals surface area contributed by atoms with E-state index in [-0.39, 0.29) is 29.9 Å². The molecule has 2 aromatic carbocycles. The van der Waals surface area contributed by atoms with Crippen LogP contribution in [-0.2, 0) is 22.4 Å². The standard InChI is InChI=1S/C31H38N2O6/c1-18-7-13-25-26(33(18)31(37)39-3)14-10-21-17-23(16-19-5-4-6-22(15-19)30(35)36)28(32-27(21)25)29(34)20-8-11-24(38-2)12-9-20/h8-12,14,18-19,22-23,29,34H,4-7,13,15-17H2,1-3H3,(H,35,36)/t18-,19+,22+,23?,29+/m0/s1. The Morgan fingerprint density at radius 1 is 1.10 bits per heavy atom. The second-order valence-electron chi connectivity index (χ2n) is 11.2. The summed E-state index contributed by atoms with van der Waals surface area (Å²) in [6.07, 6.45) is 5.11. The number of nitrogens with zero attached hydrogens (tertiary/aromatic N) is 2. The van der Waals surface area contributed by atoms with Crippen molar-refractivity contribution in [2.75, 3.05) is 19.1 Å². The summed E-state index contributed by atoms with van der Waals surface area (Å²) in [5.41, 5.74) is 5.23. The number of methoxy groups -OCH3 is 2. The summed E-state index contributed by atoms with van der Waals surface area (Å²) in [6.45, 7) is 2.02. The van der Waals surface area contributed by atoms with E-state index in [0.717, 1.165) is 73.0 Å². The number of aliphatic hydroxyl groups excluding tert-OH is 1. The van der Waals surface area contributed by atoms with E-state index < -0.39 is 12.1 Å². The molecule has 2 aromatic rings. The number of aliphatic hydroxyl groups is 1. The van der Waals surface area contributed by atoms with E-state index in [2.05, 4.69) is 6.07 Å². The maximum atomic E-state index is 12.6. The molecular weight excluding hydrogens is 496 g/mol. The van der Waals surface area contributed by atoms with Gasteiger partial charge in [-0.1, -0.05) is 31.0 Å². The zero-order valence-corrected chi connectivity index (χ0v) is 22.9. The number of carboxylic acids is 1. The van der Waals surface area contributed by atoms with Gasteiger partial charge < -0.3 is 19.7 Å². The van der Waals surface area contributed by atoms with Gasteiger partial charge in [-0.05, 0) is 80.7 Å². The normalized spacial score (nSPS) is 25.1. The molecule has 2 heterocycles. The number of amides is 1. The molecule has 8 nitrogen and oxygen atoms in total. The van der Waals surface area contributed by atoms with E-state index in [4.69, 9.17) is 14.5 Å². The molecule has 2 N–H and O–H groups in total. The first-order chi connectivity index (χ1) is 18.8. The number of rotatable bonds is 6. The second-order valence-corrected chi connectivity index (χ2v) is 11.2. The van der Waals surface area contributed by atoms with E-state index in [0.29, 0.717) is 17.9 Å². The van der Waals surface area contributed by atoms with Gasteiger partial charge in [0.25, 0.3) is 0 Å². The van der Waals surface area contributed by atoms with Crippen LogP contribution in [0.3, 0.4) is 0 Å². The van der Waals surface area contributed by atoms with E-state index in [9.17, 15) is 19.8 Å². The molecule has 0 aromatic heterocycles. The molecule has 1 saturated carbocycles. The second kappa shape index (κ2) is 11.4. The molecule has 1 amide bonds. The maximum absolute atomic E-state index is 12.6. The summed E-state index contributed by atoms with van der Waals surface area (Å²) in [6, 6.07) is 11.5. The van der Waals surface area contributed by atoms with Crippen LogP contribution >= 0.6 is 0 Å². The summed E-state index contributed by atoms with van der Waals surface area (Å²) < 4.78 is 10.4. The molecule has 208 valence electrons. The number of hydrogen-bond donors (Lipinski definition) is 2. The van der Waals surface area contributed by atoms with Gasteiger partial charge in [0.05, 0.1) is 37.2 Å². The third-order valence-corrected chi connectivity index (χ3v) is 8.81. The molecule has 0 bridgehead atoms. The lowest BCUT2D eigenvalue weighted by atomic mass is 9.73. The third kappa shape index (κ3) is 5.39. The molecule has 39 heavy (non-hydrogen) atoms. The van der Waals surface area contributed by atoms with Gasteiger partial charge in [0.1, 0.15) is 11.9 Å². The number of hydrogen-bond acceptors (Lipinski definition) is 6. The zero-order valence-electron chi connectivity index (χ0n) is 22.9. The van der Waals surface area contributed by atoms with E-state index in [1.165, 1.54) is 7.11 Å². The summed E-state index contributed by atoms with van der Waals surface area (Å²) in [7, 11) is 3.01.